The molecule has 2 heterocycles. The second-order valence-corrected chi connectivity index (χ2v) is 6.79. The molecule has 1 aromatic heterocycles. The van der Waals surface area contributed by atoms with Gasteiger partial charge in [-0.3, -0.25) is 4.79 Å². The minimum atomic E-state index is -4.24. The zero-order chi connectivity index (χ0) is 18.2. The molecule has 0 radical (unpaired) electrons. The van der Waals surface area contributed by atoms with Crippen LogP contribution in [-0.4, -0.2) is 31.0 Å². The lowest BCUT2D eigenvalue weighted by atomic mass is 10.1. The topological polar surface area (TPSA) is 112 Å². The Morgan fingerprint density at radius 2 is 2.08 bits per heavy atom. The van der Waals surface area contributed by atoms with Crippen molar-refractivity contribution in [2.24, 2.45) is 0 Å². The second-order valence-electron chi connectivity index (χ2n) is 5.20. The summed E-state index contributed by atoms with van der Waals surface area (Å²) in [4.78, 5) is 15.1. The Labute approximate surface area is 141 Å². The van der Waals surface area contributed by atoms with Crippen molar-refractivity contribution in [2.75, 3.05) is 16.2 Å². The number of carbonyl (C=O) groups is 1. The zero-order valence-corrected chi connectivity index (χ0v) is 13.3. The van der Waals surface area contributed by atoms with Gasteiger partial charge in [-0.15, -0.1) is 0 Å². The fourth-order valence-corrected chi connectivity index (χ4v) is 3.50. The van der Waals surface area contributed by atoms with Gasteiger partial charge in [0.15, 0.2) is 5.82 Å². The molecule has 1 amide bonds. The Kier molecular flexibility index (Phi) is 4.17. The van der Waals surface area contributed by atoms with Gasteiger partial charge >= 0.3 is 10.2 Å². The third kappa shape index (κ3) is 3.45. The molecule has 25 heavy (non-hydrogen) atoms. The van der Waals surface area contributed by atoms with Crippen molar-refractivity contribution < 1.29 is 27.1 Å². The van der Waals surface area contributed by atoms with Gasteiger partial charge in [0.25, 0.3) is 5.91 Å². The van der Waals surface area contributed by atoms with Crippen LogP contribution in [0.1, 0.15) is 5.56 Å². The van der Waals surface area contributed by atoms with Gasteiger partial charge in [0, 0.05) is 18.8 Å². The van der Waals surface area contributed by atoms with E-state index in [0.29, 0.717) is 4.31 Å². The maximum Gasteiger partial charge on any atom is 0.326 e. The first-order chi connectivity index (χ1) is 11.8. The van der Waals surface area contributed by atoms with Crippen molar-refractivity contribution in [1.82, 2.24) is 9.71 Å². The van der Waals surface area contributed by atoms with Crippen LogP contribution in [0.25, 0.3) is 0 Å². The summed E-state index contributed by atoms with van der Waals surface area (Å²) in [6.45, 7) is -0.622. The molecule has 0 spiro atoms. The van der Waals surface area contributed by atoms with E-state index in [1.807, 2.05) is 0 Å². The smallest absolute Gasteiger partial charge is 0.326 e. The van der Waals surface area contributed by atoms with Crippen LogP contribution in [0.15, 0.2) is 30.5 Å². The number of phenolic OH excluding ortho intramolecular Hbond substituents is 1. The van der Waals surface area contributed by atoms with E-state index in [-0.39, 0.29) is 17.9 Å². The Bertz CT molecular complexity index is 929. The van der Waals surface area contributed by atoms with Crippen molar-refractivity contribution in [3.8, 4) is 5.75 Å². The van der Waals surface area contributed by atoms with Crippen molar-refractivity contribution in [3.05, 3.63) is 47.7 Å². The summed E-state index contributed by atoms with van der Waals surface area (Å²) in [6.07, 6.45) is 1.25. The van der Waals surface area contributed by atoms with Crippen molar-refractivity contribution in [1.29, 1.82) is 0 Å². The van der Waals surface area contributed by atoms with Gasteiger partial charge in [0.2, 0.25) is 0 Å². The average Bonchev–Trinajstić information content (AvgIpc) is 2.77. The van der Waals surface area contributed by atoms with E-state index in [2.05, 4.69) is 10.3 Å². The summed E-state index contributed by atoms with van der Waals surface area (Å²) >= 11 is 0. The van der Waals surface area contributed by atoms with Crippen molar-refractivity contribution in [2.45, 2.75) is 6.54 Å². The Morgan fingerprint density at radius 3 is 2.68 bits per heavy atom. The molecule has 0 atom stereocenters. The summed E-state index contributed by atoms with van der Waals surface area (Å²) in [6, 6.07) is 4.44. The average molecular weight is 370 g/mol. The summed E-state index contributed by atoms with van der Waals surface area (Å²) in [5.41, 5.74) is -0.355. The fourth-order valence-electron chi connectivity index (χ4n) is 2.33. The molecule has 2 aromatic rings. The van der Waals surface area contributed by atoms with Crippen molar-refractivity contribution in [3.63, 3.8) is 0 Å². The number of pyridine rings is 1. The molecular weight excluding hydrogens is 358 g/mol. The van der Waals surface area contributed by atoms with E-state index in [1.54, 1.807) is 4.72 Å². The van der Waals surface area contributed by atoms with Gasteiger partial charge in [0.05, 0.1) is 0 Å². The molecule has 1 aliphatic heterocycles. The summed E-state index contributed by atoms with van der Waals surface area (Å²) in [7, 11) is -4.24. The number of rotatable bonds is 4. The molecule has 3 rings (SSSR count). The third-order valence-electron chi connectivity index (χ3n) is 3.37. The molecule has 1 fully saturated rings. The molecule has 132 valence electrons. The van der Waals surface area contributed by atoms with Crippen molar-refractivity contribution >= 4 is 27.6 Å². The first-order valence-electron chi connectivity index (χ1n) is 6.96. The van der Waals surface area contributed by atoms with Gasteiger partial charge in [-0.1, -0.05) is 0 Å². The number of aromatic nitrogens is 1. The molecule has 0 unspecified atom stereocenters. The van der Waals surface area contributed by atoms with Crippen LogP contribution in [0.5, 0.6) is 5.75 Å². The van der Waals surface area contributed by atoms with E-state index in [0.717, 1.165) is 24.3 Å². The summed E-state index contributed by atoms with van der Waals surface area (Å²) in [5, 5.41) is 12.7. The maximum absolute atomic E-state index is 14.3. The Morgan fingerprint density at radius 1 is 1.32 bits per heavy atom. The molecular formula is C14H12F2N4O4S. The molecule has 1 aromatic carbocycles. The number of halogens is 2. The van der Waals surface area contributed by atoms with Crippen LogP contribution in [0.3, 0.4) is 0 Å². The maximum atomic E-state index is 14.3. The highest BCUT2D eigenvalue weighted by Gasteiger charge is 2.37. The summed E-state index contributed by atoms with van der Waals surface area (Å²) in [5.74, 6) is -2.80. The number of hydrogen-bond donors (Lipinski definition) is 3. The lowest BCUT2D eigenvalue weighted by Gasteiger charge is -2.18. The van der Waals surface area contributed by atoms with Gasteiger partial charge in [-0.2, -0.15) is 8.42 Å². The number of benzene rings is 1. The first-order valence-corrected chi connectivity index (χ1v) is 8.40. The first kappa shape index (κ1) is 16.9. The molecule has 1 saturated heterocycles. The van der Waals surface area contributed by atoms with E-state index in [9.17, 15) is 27.1 Å². The molecule has 8 nitrogen and oxygen atoms in total. The second kappa shape index (κ2) is 6.16. The van der Waals surface area contributed by atoms with Crippen LogP contribution < -0.4 is 14.3 Å². The predicted molar refractivity (Wildman–Crippen MR) is 84.0 cm³/mol. The minimum Gasteiger partial charge on any atom is -0.506 e. The number of amides is 1. The monoisotopic (exact) mass is 370 g/mol. The third-order valence-corrected chi connectivity index (χ3v) is 4.75. The highest BCUT2D eigenvalue weighted by molar-refractivity contribution is 7.92. The minimum absolute atomic E-state index is 0.00510. The van der Waals surface area contributed by atoms with Gasteiger partial charge in [-0.25, -0.2) is 22.8 Å². The van der Waals surface area contributed by atoms with E-state index < -0.39 is 45.7 Å². The van der Waals surface area contributed by atoms with E-state index >= 15 is 0 Å². The predicted octanol–water partition coefficient (Wildman–Crippen LogP) is 0.859. The largest absolute Gasteiger partial charge is 0.506 e. The van der Waals surface area contributed by atoms with Crippen LogP contribution in [0.4, 0.5) is 20.3 Å². The van der Waals surface area contributed by atoms with Crippen LogP contribution >= 0.6 is 0 Å². The molecule has 0 aliphatic carbocycles. The van der Waals surface area contributed by atoms with E-state index in [4.69, 9.17) is 0 Å². The van der Waals surface area contributed by atoms with Crippen LogP contribution in [0, 0.1) is 11.6 Å². The number of hydrogen-bond acceptors (Lipinski definition) is 6. The number of anilines is 2. The Hall–Kier alpha value is -2.95. The lowest BCUT2D eigenvalue weighted by molar-refractivity contribution is -0.117. The number of nitrogens with one attached hydrogen (secondary N) is 2. The normalized spacial score (nSPS) is 15.9. The van der Waals surface area contributed by atoms with Gasteiger partial charge < -0.3 is 10.4 Å². The van der Waals surface area contributed by atoms with Crippen LogP contribution in [-0.2, 0) is 21.5 Å². The lowest BCUT2D eigenvalue weighted by Crippen LogP contribution is -2.30. The number of aromatic hydroxyl groups is 1. The van der Waals surface area contributed by atoms with E-state index in [1.165, 1.54) is 6.20 Å². The SMILES string of the molecule is O=C1CN(c2c(O)cc(CNc3cc(F)ccn3)cc2F)S(=O)(=O)N1. The quantitative estimate of drug-likeness (QED) is 0.736. The number of phenols is 1. The fraction of sp³-hybridized carbons (Fsp3) is 0.143. The number of carbonyl (C=O) groups excluding carboxylic acids is 1. The highest BCUT2D eigenvalue weighted by atomic mass is 32.2. The molecule has 3 N–H and O–H groups in total. The van der Waals surface area contributed by atoms with Crippen LogP contribution in [0.2, 0.25) is 0 Å². The summed E-state index contributed by atoms with van der Waals surface area (Å²) < 4.78 is 53.1. The zero-order valence-electron chi connectivity index (χ0n) is 12.5. The standard InChI is InChI=1S/C14H12F2N4O4S/c15-9-1-2-17-12(5-9)18-6-8-3-10(16)14(11(21)4-8)20-7-13(22)19-25(20,23)24/h1-5,21H,6-7H2,(H,17,18)(H,19,22). The van der Waals surface area contributed by atoms with Gasteiger partial charge in [0.1, 0.15) is 29.6 Å². The molecule has 0 saturated carbocycles. The molecule has 1 aliphatic rings. The number of nitrogens with zero attached hydrogens (tertiary/aromatic N) is 2. The molecule has 0 bridgehead atoms. The van der Waals surface area contributed by atoms with Gasteiger partial charge in [-0.05, 0) is 23.8 Å². The molecule has 11 heteroatoms. The Balaban J connectivity index is 1.84. The highest BCUT2D eigenvalue weighted by Crippen LogP contribution is 2.34.